The molecule has 184 valence electrons. The van der Waals surface area contributed by atoms with E-state index in [-0.39, 0.29) is 12.3 Å². The molecule has 0 saturated carbocycles. The third-order valence-electron chi connectivity index (χ3n) is 4.98. The minimum atomic E-state index is -1.24. The van der Waals surface area contributed by atoms with E-state index in [9.17, 15) is 29.6 Å². The average Bonchev–Trinajstić information content (AvgIpc) is 3.24. The monoisotopic (exact) mass is 512 g/mol. The summed E-state index contributed by atoms with van der Waals surface area (Å²) >= 11 is 2.64. The van der Waals surface area contributed by atoms with E-state index in [0.717, 1.165) is 11.9 Å². The second kappa shape index (κ2) is 11.3. The molecule has 1 amide bonds. The Hall–Kier alpha value is -3.20. The van der Waals surface area contributed by atoms with Gasteiger partial charge < -0.3 is 25.5 Å². The van der Waals surface area contributed by atoms with Crippen LogP contribution in [0.1, 0.15) is 19.0 Å². The maximum Gasteiger partial charge on any atom is 0.352 e. The number of ether oxygens (including phenoxy) is 1. The van der Waals surface area contributed by atoms with Gasteiger partial charge in [0, 0.05) is 30.5 Å². The van der Waals surface area contributed by atoms with Crippen LogP contribution >= 0.6 is 23.5 Å². The molecule has 0 spiro atoms. The SMILES string of the molecule is CS/C(=C\[N+](=O)[O-])NCCCc1cnc(NC2C(=O)N3C(C(=O)O)=C(COC(C)=O)CS[C@H]23)[nH]1. The number of nitrogens with zero attached hydrogens (tertiary/aromatic N) is 3. The van der Waals surface area contributed by atoms with E-state index in [0.29, 0.717) is 41.7 Å². The smallest absolute Gasteiger partial charge is 0.352 e. The molecule has 1 saturated heterocycles. The number of aryl methyl sites for hydroxylation is 1. The fourth-order valence-electron chi connectivity index (χ4n) is 3.45. The van der Waals surface area contributed by atoms with E-state index in [1.54, 1.807) is 12.5 Å². The number of nitro groups is 1. The molecular formula is C19H24N6O7S2. The van der Waals surface area contributed by atoms with Gasteiger partial charge in [-0.25, -0.2) is 9.78 Å². The Bertz CT molecular complexity index is 1040. The standard InChI is InChI=1S/C19H24N6O7S2/c1-10(26)32-8-11-9-34-17-14(16(27)25(17)15(11)18(28)29)23-19-21-6-12(22-19)4-3-5-20-13(33-2)7-24(30)31/h6-7,14,17,20H,3-5,8-9H2,1-2H3,(H,28,29)(H2,21,22,23)/b13-7-/t14?,17-/m1/s1. The molecule has 1 aromatic rings. The number of rotatable bonds is 12. The zero-order chi connectivity index (χ0) is 24.8. The summed E-state index contributed by atoms with van der Waals surface area (Å²) in [4.78, 5) is 54.2. The first-order chi connectivity index (χ1) is 16.2. The Morgan fingerprint density at radius 1 is 1.53 bits per heavy atom. The van der Waals surface area contributed by atoms with Crippen LogP contribution in [0, 0.1) is 10.1 Å². The molecule has 0 radical (unpaired) electrons. The fraction of sp³-hybridized carbons (Fsp3) is 0.474. The van der Waals surface area contributed by atoms with E-state index in [4.69, 9.17) is 4.74 Å². The van der Waals surface area contributed by atoms with Gasteiger partial charge in [-0.2, -0.15) is 0 Å². The van der Waals surface area contributed by atoms with Crippen molar-refractivity contribution >= 4 is 47.3 Å². The molecule has 1 fully saturated rings. The van der Waals surface area contributed by atoms with Gasteiger partial charge in [0.25, 0.3) is 12.1 Å². The summed E-state index contributed by atoms with van der Waals surface area (Å²) in [6, 6.07) is -0.647. The van der Waals surface area contributed by atoms with Crippen LogP contribution in [0.2, 0.25) is 0 Å². The number of hydrogen-bond acceptors (Lipinski definition) is 11. The second-order valence-corrected chi connectivity index (χ2v) is 9.29. The second-order valence-electron chi connectivity index (χ2n) is 7.34. The van der Waals surface area contributed by atoms with Crippen LogP contribution in [0.4, 0.5) is 5.95 Å². The van der Waals surface area contributed by atoms with E-state index in [2.05, 4.69) is 20.6 Å². The lowest BCUT2D eigenvalue weighted by Crippen LogP contribution is -2.67. The van der Waals surface area contributed by atoms with E-state index < -0.39 is 34.2 Å². The minimum absolute atomic E-state index is 0.142. The predicted molar refractivity (Wildman–Crippen MR) is 125 cm³/mol. The van der Waals surface area contributed by atoms with Crippen molar-refractivity contribution in [3.05, 3.63) is 44.5 Å². The Kier molecular flexibility index (Phi) is 8.44. The maximum atomic E-state index is 12.7. The Morgan fingerprint density at radius 2 is 2.29 bits per heavy atom. The fourth-order valence-corrected chi connectivity index (χ4v) is 5.21. The number of amides is 1. The molecule has 3 heterocycles. The van der Waals surface area contributed by atoms with Crippen molar-refractivity contribution in [1.29, 1.82) is 0 Å². The average molecular weight is 513 g/mol. The van der Waals surface area contributed by atoms with Gasteiger partial charge >= 0.3 is 11.9 Å². The van der Waals surface area contributed by atoms with Crippen LogP contribution < -0.4 is 10.6 Å². The number of hydrogen-bond donors (Lipinski definition) is 4. The number of nitrogens with one attached hydrogen (secondary N) is 3. The number of fused-ring (bicyclic) bond motifs is 1. The largest absolute Gasteiger partial charge is 0.477 e. The third kappa shape index (κ3) is 6.02. The molecule has 15 heteroatoms. The van der Waals surface area contributed by atoms with Crippen molar-refractivity contribution in [2.45, 2.75) is 31.2 Å². The van der Waals surface area contributed by atoms with Crippen LogP contribution in [0.15, 0.2) is 28.7 Å². The van der Waals surface area contributed by atoms with Crippen LogP contribution in [-0.4, -0.2) is 79.3 Å². The lowest BCUT2D eigenvalue weighted by atomic mass is 10.0. The van der Waals surface area contributed by atoms with Gasteiger partial charge in [0.2, 0.25) is 5.95 Å². The first-order valence-electron chi connectivity index (χ1n) is 10.2. The van der Waals surface area contributed by atoms with Crippen LogP contribution in [0.25, 0.3) is 0 Å². The van der Waals surface area contributed by atoms with E-state index >= 15 is 0 Å². The molecule has 34 heavy (non-hydrogen) atoms. The number of H-pyrrole nitrogens is 1. The molecule has 4 N–H and O–H groups in total. The maximum absolute atomic E-state index is 12.7. The number of esters is 1. The number of carbonyl (C=O) groups is 3. The normalized spacial score (nSPS) is 19.9. The summed E-state index contributed by atoms with van der Waals surface area (Å²) in [7, 11) is 0. The predicted octanol–water partition coefficient (Wildman–Crippen LogP) is 0.968. The molecule has 1 aromatic heterocycles. The number of aliphatic carboxylic acids is 1. The molecule has 0 bridgehead atoms. The topological polar surface area (TPSA) is 180 Å². The molecule has 0 aliphatic carbocycles. The summed E-state index contributed by atoms with van der Waals surface area (Å²) in [5.74, 6) is -1.46. The van der Waals surface area contributed by atoms with Gasteiger partial charge in [-0.05, 0) is 19.1 Å². The number of aromatic nitrogens is 2. The lowest BCUT2D eigenvalue weighted by molar-refractivity contribution is -0.403. The number of imidazole rings is 1. The summed E-state index contributed by atoms with van der Waals surface area (Å²) in [6.45, 7) is 1.60. The molecular weight excluding hydrogens is 488 g/mol. The highest BCUT2D eigenvalue weighted by molar-refractivity contribution is 8.02. The van der Waals surface area contributed by atoms with Crippen molar-refractivity contribution in [3.63, 3.8) is 0 Å². The number of carboxylic acids is 1. The van der Waals surface area contributed by atoms with Crippen molar-refractivity contribution in [2.24, 2.45) is 0 Å². The Morgan fingerprint density at radius 3 is 2.94 bits per heavy atom. The summed E-state index contributed by atoms with van der Waals surface area (Å²) < 4.78 is 4.93. The highest BCUT2D eigenvalue weighted by Gasteiger charge is 2.54. The van der Waals surface area contributed by atoms with Crippen LogP contribution in [-0.2, 0) is 25.5 Å². The number of anilines is 1. The number of aromatic amines is 1. The van der Waals surface area contributed by atoms with Crippen molar-refractivity contribution in [2.75, 3.05) is 30.5 Å². The highest BCUT2D eigenvalue weighted by atomic mass is 32.2. The van der Waals surface area contributed by atoms with Crippen LogP contribution in [0.3, 0.4) is 0 Å². The van der Waals surface area contributed by atoms with Gasteiger partial charge in [0.1, 0.15) is 28.7 Å². The van der Waals surface area contributed by atoms with Crippen LogP contribution in [0.5, 0.6) is 0 Å². The van der Waals surface area contributed by atoms with Gasteiger partial charge in [-0.15, -0.1) is 23.5 Å². The molecule has 1 unspecified atom stereocenters. The van der Waals surface area contributed by atoms with Gasteiger partial charge in [0.05, 0.1) is 11.1 Å². The van der Waals surface area contributed by atoms with Gasteiger partial charge in [-0.1, -0.05) is 0 Å². The summed E-state index contributed by atoms with van der Waals surface area (Å²) in [5, 5.41) is 26.2. The zero-order valence-electron chi connectivity index (χ0n) is 18.4. The molecule has 2 atom stereocenters. The molecule has 2 aliphatic heterocycles. The van der Waals surface area contributed by atoms with Crippen molar-refractivity contribution in [1.82, 2.24) is 20.2 Å². The third-order valence-corrected chi connectivity index (χ3v) is 7.01. The Labute approximate surface area is 202 Å². The summed E-state index contributed by atoms with van der Waals surface area (Å²) in [6.07, 6.45) is 5.65. The molecule has 3 rings (SSSR count). The van der Waals surface area contributed by atoms with E-state index in [1.807, 2.05) is 0 Å². The number of carboxylic acid groups (broad SMARTS) is 1. The first kappa shape index (κ1) is 25.4. The number of carbonyl (C=O) groups excluding carboxylic acids is 2. The van der Waals surface area contributed by atoms with Gasteiger partial charge in [-0.3, -0.25) is 24.6 Å². The van der Waals surface area contributed by atoms with Crippen molar-refractivity contribution < 1.29 is 29.2 Å². The Balaban J connectivity index is 1.54. The highest BCUT2D eigenvalue weighted by Crippen LogP contribution is 2.41. The lowest BCUT2D eigenvalue weighted by Gasteiger charge is -2.49. The molecule has 0 aromatic carbocycles. The quantitative estimate of drug-likeness (QED) is 0.103. The summed E-state index contributed by atoms with van der Waals surface area (Å²) in [5.41, 5.74) is 1.06. The minimum Gasteiger partial charge on any atom is -0.477 e. The number of β-lactam (4-membered cyclic amide) rings is 1. The van der Waals surface area contributed by atoms with E-state index in [1.165, 1.54) is 35.3 Å². The molecule has 2 aliphatic rings. The number of thioether (sulfide) groups is 2. The molecule has 13 nitrogen and oxygen atoms in total. The first-order valence-corrected chi connectivity index (χ1v) is 12.5. The van der Waals surface area contributed by atoms with Gasteiger partial charge in [0.15, 0.2) is 0 Å². The van der Waals surface area contributed by atoms with Crippen molar-refractivity contribution in [3.8, 4) is 0 Å². The zero-order valence-corrected chi connectivity index (χ0v) is 20.0.